The Morgan fingerprint density at radius 3 is 1.79 bits per heavy atom. The van der Waals surface area contributed by atoms with Crippen LogP contribution in [0.15, 0.2) is 72.8 Å². The highest BCUT2D eigenvalue weighted by molar-refractivity contribution is 6.33. The molecule has 2 aromatic carbocycles. The smallest absolute Gasteiger partial charge is 0.0166 e. The van der Waals surface area contributed by atoms with Crippen molar-refractivity contribution in [1.29, 1.82) is 0 Å². The van der Waals surface area contributed by atoms with Crippen molar-refractivity contribution in [3.05, 3.63) is 83.9 Å². The summed E-state index contributed by atoms with van der Waals surface area (Å²) in [5.41, 5.74) is 2.57. The number of hydrogen-bond donors (Lipinski definition) is 0. The molecule has 0 aliphatic rings. The maximum Gasteiger partial charge on any atom is 0.0166 e. The Kier molecular flexibility index (Phi) is 8.96. The maximum atomic E-state index is 2.41. The predicted molar refractivity (Wildman–Crippen MR) is 112 cm³/mol. The molecule has 0 N–H and O–H groups in total. The van der Waals surface area contributed by atoms with Gasteiger partial charge in [0.05, 0.1) is 0 Å². The summed E-state index contributed by atoms with van der Waals surface area (Å²) in [6.07, 6.45) is 14.6. The van der Waals surface area contributed by atoms with Crippen LogP contribution in [0.25, 0.3) is 12.2 Å². The first-order valence-electron chi connectivity index (χ1n) is 9.35. The fourth-order valence-corrected chi connectivity index (χ4v) is 3.69. The largest absolute Gasteiger partial charge is 0.0770 e. The van der Waals surface area contributed by atoms with E-state index >= 15 is 0 Å². The van der Waals surface area contributed by atoms with Crippen LogP contribution in [-0.2, 0) is 0 Å². The molecule has 0 spiro atoms. The van der Waals surface area contributed by atoms with Crippen LogP contribution in [0.4, 0.5) is 0 Å². The Morgan fingerprint density at radius 1 is 0.750 bits per heavy atom. The highest BCUT2D eigenvalue weighted by Gasteiger charge is 2.01. The molecule has 0 radical (unpaired) electrons. The number of benzene rings is 2. The number of unbranched alkanes of at least 4 members (excludes halogenated alkanes) is 2. The van der Waals surface area contributed by atoms with Crippen molar-refractivity contribution in [3.8, 4) is 0 Å². The van der Waals surface area contributed by atoms with Crippen LogP contribution in [0.3, 0.4) is 0 Å². The van der Waals surface area contributed by atoms with Crippen molar-refractivity contribution < 1.29 is 0 Å². The first kappa shape index (κ1) is 18.5. The van der Waals surface area contributed by atoms with Crippen molar-refractivity contribution in [1.82, 2.24) is 0 Å². The molecule has 0 aliphatic heterocycles. The zero-order chi connectivity index (χ0) is 16.9. The molecule has 0 saturated heterocycles. The minimum absolute atomic E-state index is 0.249. The third kappa shape index (κ3) is 7.61. The third-order valence-corrected chi connectivity index (χ3v) is 5.52. The predicted octanol–water partition coefficient (Wildman–Crippen LogP) is 6.23. The van der Waals surface area contributed by atoms with E-state index in [0.29, 0.717) is 5.92 Å². The van der Waals surface area contributed by atoms with Gasteiger partial charge in [-0.15, -0.1) is 0 Å². The number of hydrogen-bond acceptors (Lipinski definition) is 0. The molecule has 0 aliphatic carbocycles. The topological polar surface area (TPSA) is 0 Å². The minimum Gasteiger partial charge on any atom is -0.0770 e. The van der Waals surface area contributed by atoms with Gasteiger partial charge in [-0.2, -0.15) is 0 Å². The van der Waals surface area contributed by atoms with Gasteiger partial charge >= 0.3 is 0 Å². The fraction of sp³-hybridized carbons (Fsp3) is 0.304. The van der Waals surface area contributed by atoms with Crippen molar-refractivity contribution >= 4 is 21.7 Å². The zero-order valence-corrected chi connectivity index (χ0v) is 16.3. The van der Waals surface area contributed by atoms with E-state index in [1.54, 1.807) is 0 Å². The van der Waals surface area contributed by atoms with Gasteiger partial charge < -0.3 is 0 Å². The van der Waals surface area contributed by atoms with Gasteiger partial charge in [-0.25, -0.2) is 0 Å². The van der Waals surface area contributed by atoms with Gasteiger partial charge in [0.15, 0.2) is 0 Å². The highest BCUT2D eigenvalue weighted by atomic mass is 28.2. The van der Waals surface area contributed by atoms with E-state index in [-0.39, 0.29) is 9.52 Å². The van der Waals surface area contributed by atoms with Crippen LogP contribution >= 0.6 is 0 Å². The van der Waals surface area contributed by atoms with Crippen LogP contribution in [0.1, 0.15) is 36.8 Å². The van der Waals surface area contributed by atoms with E-state index in [4.69, 9.17) is 0 Å². The van der Waals surface area contributed by atoms with Gasteiger partial charge in [-0.05, 0) is 23.5 Å². The third-order valence-electron chi connectivity index (χ3n) is 4.31. The number of allylic oxidation sites excluding steroid dienone is 2. The van der Waals surface area contributed by atoms with Crippen molar-refractivity contribution in [2.24, 2.45) is 5.92 Å². The van der Waals surface area contributed by atoms with Crippen LogP contribution in [-0.4, -0.2) is 9.52 Å². The fourth-order valence-electron chi connectivity index (χ4n) is 2.84. The van der Waals surface area contributed by atoms with Gasteiger partial charge in [0.25, 0.3) is 0 Å². The molecule has 0 saturated carbocycles. The monoisotopic (exact) mass is 334 g/mol. The van der Waals surface area contributed by atoms with E-state index in [9.17, 15) is 0 Å². The molecule has 0 atom stereocenters. The Bertz CT molecular complexity index is 549. The van der Waals surface area contributed by atoms with E-state index in [1.807, 2.05) is 0 Å². The normalized spacial score (nSPS) is 13.4. The molecular formula is C23H30Si. The minimum atomic E-state index is 0.249. The lowest BCUT2D eigenvalue weighted by molar-refractivity contribution is 0.613. The van der Waals surface area contributed by atoms with Crippen LogP contribution in [0, 0.1) is 5.92 Å². The molecule has 1 heteroatoms. The van der Waals surface area contributed by atoms with Crippen LogP contribution in [0.2, 0.25) is 12.6 Å². The van der Waals surface area contributed by atoms with E-state index in [0.717, 1.165) is 0 Å². The summed E-state index contributed by atoms with van der Waals surface area (Å²) in [4.78, 5) is 0. The summed E-state index contributed by atoms with van der Waals surface area (Å²) in [5, 5.41) is 0. The second-order valence-corrected chi connectivity index (χ2v) is 8.11. The standard InChI is InChI=1S/C23H30Si/c1-24-20-10-4-9-15-23(18-16-21-11-5-2-6-12-21)19-17-22-13-7-3-8-14-22/h2-3,5-8,11-14,16-19,23H,4,9-10,15,20,24H2,1H3. The molecule has 2 rings (SSSR count). The van der Waals surface area contributed by atoms with E-state index < -0.39 is 0 Å². The van der Waals surface area contributed by atoms with E-state index in [2.05, 4.69) is 91.5 Å². The Morgan fingerprint density at radius 2 is 1.29 bits per heavy atom. The summed E-state index contributed by atoms with van der Waals surface area (Å²) in [6.45, 7) is 2.41. The molecule has 24 heavy (non-hydrogen) atoms. The number of rotatable bonds is 10. The SMILES string of the molecule is C[SiH2]CCCCCC(C=Cc1ccccc1)C=Cc1ccccc1. The molecule has 0 fully saturated rings. The molecule has 126 valence electrons. The van der Waals surface area contributed by atoms with Gasteiger partial charge in [0, 0.05) is 9.52 Å². The van der Waals surface area contributed by atoms with Crippen LogP contribution in [0.5, 0.6) is 0 Å². The van der Waals surface area contributed by atoms with Crippen LogP contribution < -0.4 is 0 Å². The average molecular weight is 335 g/mol. The molecule has 0 bridgehead atoms. The quantitative estimate of drug-likeness (QED) is 0.357. The molecule has 2 aromatic rings. The lowest BCUT2D eigenvalue weighted by atomic mass is 9.98. The second-order valence-electron chi connectivity index (χ2n) is 6.41. The molecule has 0 aromatic heterocycles. The van der Waals surface area contributed by atoms with Crippen molar-refractivity contribution in [2.75, 3.05) is 0 Å². The van der Waals surface area contributed by atoms with Gasteiger partial charge in [-0.1, -0.05) is 117 Å². The summed E-state index contributed by atoms with van der Waals surface area (Å²) < 4.78 is 0. The maximum absolute atomic E-state index is 2.41. The second kappa shape index (κ2) is 11.6. The molecule has 0 heterocycles. The summed E-state index contributed by atoms with van der Waals surface area (Å²) in [5.74, 6) is 0.518. The van der Waals surface area contributed by atoms with Gasteiger partial charge in [-0.3, -0.25) is 0 Å². The summed E-state index contributed by atoms with van der Waals surface area (Å²) >= 11 is 0. The van der Waals surface area contributed by atoms with Gasteiger partial charge in [0.2, 0.25) is 0 Å². The Hall–Kier alpha value is -1.86. The summed E-state index contributed by atoms with van der Waals surface area (Å²) in [7, 11) is 0.249. The summed E-state index contributed by atoms with van der Waals surface area (Å²) in [6, 6.07) is 22.7. The Balaban J connectivity index is 1.95. The first-order chi connectivity index (χ1) is 11.9. The van der Waals surface area contributed by atoms with Crippen molar-refractivity contribution in [3.63, 3.8) is 0 Å². The Labute approximate surface area is 150 Å². The average Bonchev–Trinajstić information content (AvgIpc) is 2.65. The zero-order valence-electron chi connectivity index (χ0n) is 14.9. The van der Waals surface area contributed by atoms with Gasteiger partial charge in [0.1, 0.15) is 0 Å². The molecule has 0 amide bonds. The first-order valence-corrected chi connectivity index (χ1v) is 11.8. The molecular weight excluding hydrogens is 304 g/mol. The molecule has 0 unspecified atom stereocenters. The van der Waals surface area contributed by atoms with Crippen molar-refractivity contribution in [2.45, 2.75) is 38.3 Å². The molecule has 0 nitrogen and oxygen atoms in total. The lowest BCUT2D eigenvalue weighted by Gasteiger charge is -2.08. The lowest BCUT2D eigenvalue weighted by Crippen LogP contribution is -1.93. The van der Waals surface area contributed by atoms with E-state index in [1.165, 1.54) is 42.9 Å². The highest BCUT2D eigenvalue weighted by Crippen LogP contribution is 2.17.